The first-order valence-electron chi connectivity index (χ1n) is 2.69. The maximum absolute atomic E-state index is 5.26. The highest BCUT2D eigenvalue weighted by atomic mass is 79.9. The summed E-state index contributed by atoms with van der Waals surface area (Å²) in [6.07, 6.45) is 0.382. The van der Waals surface area contributed by atoms with Crippen LogP contribution in [0.3, 0.4) is 0 Å². The molecule has 1 aliphatic heterocycles. The topological polar surface area (TPSA) is 18.5 Å². The fourth-order valence-corrected chi connectivity index (χ4v) is 0.708. The molecule has 0 unspecified atom stereocenters. The highest BCUT2D eigenvalue weighted by molar-refractivity contribution is 9.09. The van der Waals surface area contributed by atoms with Crippen molar-refractivity contribution in [1.82, 2.24) is 0 Å². The van der Waals surface area contributed by atoms with Crippen LogP contribution in [0.4, 0.5) is 0 Å². The standard InChI is InChI=1S/C5H9BrO2/c6-1-2-8-5-3-7-4-5/h5H,1-4H2. The molecule has 0 bridgehead atoms. The number of alkyl halides is 1. The maximum Gasteiger partial charge on any atom is 0.104 e. The molecule has 48 valence electrons. The average molecular weight is 181 g/mol. The average Bonchev–Trinajstić information content (AvgIpc) is 1.63. The van der Waals surface area contributed by atoms with Gasteiger partial charge in [0.1, 0.15) is 6.10 Å². The summed E-state index contributed by atoms with van der Waals surface area (Å²) in [4.78, 5) is 0. The van der Waals surface area contributed by atoms with E-state index in [9.17, 15) is 0 Å². The predicted molar refractivity (Wildman–Crippen MR) is 34.4 cm³/mol. The van der Waals surface area contributed by atoms with Crippen molar-refractivity contribution in [2.75, 3.05) is 25.2 Å². The van der Waals surface area contributed by atoms with E-state index in [0.29, 0.717) is 6.10 Å². The van der Waals surface area contributed by atoms with Crippen LogP contribution in [0.5, 0.6) is 0 Å². The molecular formula is C5H9BrO2. The molecule has 1 saturated heterocycles. The van der Waals surface area contributed by atoms with Crippen LogP contribution in [0.25, 0.3) is 0 Å². The van der Waals surface area contributed by atoms with Crippen molar-refractivity contribution < 1.29 is 9.47 Å². The SMILES string of the molecule is BrCCOC1COC1. The second-order valence-corrected chi connectivity index (χ2v) is 2.51. The van der Waals surface area contributed by atoms with Gasteiger partial charge in [-0.15, -0.1) is 0 Å². The van der Waals surface area contributed by atoms with Crippen LogP contribution >= 0.6 is 15.9 Å². The van der Waals surface area contributed by atoms with Gasteiger partial charge >= 0.3 is 0 Å². The zero-order chi connectivity index (χ0) is 5.82. The Morgan fingerprint density at radius 2 is 2.38 bits per heavy atom. The summed E-state index contributed by atoms with van der Waals surface area (Å²) in [6, 6.07) is 0. The Balaban J connectivity index is 1.86. The molecule has 0 aromatic heterocycles. The van der Waals surface area contributed by atoms with Gasteiger partial charge in [-0.05, 0) is 0 Å². The molecule has 8 heavy (non-hydrogen) atoms. The van der Waals surface area contributed by atoms with Crippen LogP contribution in [-0.2, 0) is 9.47 Å². The first-order chi connectivity index (χ1) is 3.93. The van der Waals surface area contributed by atoms with Gasteiger partial charge in [-0.1, -0.05) is 15.9 Å². The van der Waals surface area contributed by atoms with Crippen molar-refractivity contribution in [3.05, 3.63) is 0 Å². The lowest BCUT2D eigenvalue weighted by Gasteiger charge is -2.25. The second-order valence-electron chi connectivity index (χ2n) is 1.72. The van der Waals surface area contributed by atoms with Gasteiger partial charge in [-0.25, -0.2) is 0 Å². The molecule has 1 rings (SSSR count). The first kappa shape index (κ1) is 6.52. The van der Waals surface area contributed by atoms with Gasteiger partial charge in [0, 0.05) is 5.33 Å². The van der Waals surface area contributed by atoms with Crippen molar-refractivity contribution in [2.24, 2.45) is 0 Å². The molecule has 0 amide bonds. The molecule has 0 aliphatic carbocycles. The van der Waals surface area contributed by atoms with Gasteiger partial charge in [0.15, 0.2) is 0 Å². The van der Waals surface area contributed by atoms with E-state index in [4.69, 9.17) is 9.47 Å². The Hall–Kier alpha value is 0.400. The first-order valence-corrected chi connectivity index (χ1v) is 3.81. The van der Waals surface area contributed by atoms with Gasteiger partial charge in [0.25, 0.3) is 0 Å². The largest absolute Gasteiger partial charge is 0.376 e. The third kappa shape index (κ3) is 1.73. The molecule has 0 aromatic rings. The predicted octanol–water partition coefficient (Wildman–Crippen LogP) is 0.797. The van der Waals surface area contributed by atoms with Gasteiger partial charge in [-0.3, -0.25) is 0 Å². The minimum atomic E-state index is 0.382. The number of ether oxygens (including phenoxy) is 2. The highest BCUT2D eigenvalue weighted by Crippen LogP contribution is 2.04. The van der Waals surface area contributed by atoms with Crippen LogP contribution in [0.15, 0.2) is 0 Å². The van der Waals surface area contributed by atoms with Gasteiger partial charge in [-0.2, -0.15) is 0 Å². The lowest BCUT2D eigenvalue weighted by Crippen LogP contribution is -2.36. The van der Waals surface area contributed by atoms with Gasteiger partial charge < -0.3 is 9.47 Å². The summed E-state index contributed by atoms with van der Waals surface area (Å²) in [5, 5.41) is 0.920. The fraction of sp³-hybridized carbons (Fsp3) is 1.00. The fourth-order valence-electron chi connectivity index (χ4n) is 0.522. The minimum Gasteiger partial charge on any atom is -0.376 e. The van der Waals surface area contributed by atoms with Crippen LogP contribution in [0.1, 0.15) is 0 Å². The molecule has 0 saturated carbocycles. The number of hydrogen-bond donors (Lipinski definition) is 0. The van der Waals surface area contributed by atoms with E-state index >= 15 is 0 Å². The number of rotatable bonds is 3. The molecule has 0 N–H and O–H groups in total. The smallest absolute Gasteiger partial charge is 0.104 e. The van der Waals surface area contributed by atoms with Crippen LogP contribution in [-0.4, -0.2) is 31.3 Å². The summed E-state index contributed by atoms with van der Waals surface area (Å²) < 4.78 is 10.1. The molecule has 0 aromatic carbocycles. The minimum absolute atomic E-state index is 0.382. The van der Waals surface area contributed by atoms with Crippen molar-refractivity contribution in [3.8, 4) is 0 Å². The summed E-state index contributed by atoms with van der Waals surface area (Å²) in [5.74, 6) is 0. The summed E-state index contributed by atoms with van der Waals surface area (Å²) in [5.41, 5.74) is 0. The Labute approximate surface area is 57.3 Å². The van der Waals surface area contributed by atoms with E-state index < -0.39 is 0 Å². The molecule has 1 heterocycles. The van der Waals surface area contributed by atoms with Crippen LogP contribution < -0.4 is 0 Å². The molecule has 0 spiro atoms. The van der Waals surface area contributed by atoms with E-state index in [-0.39, 0.29) is 0 Å². The third-order valence-corrected chi connectivity index (χ3v) is 1.36. The highest BCUT2D eigenvalue weighted by Gasteiger charge is 2.17. The zero-order valence-electron chi connectivity index (χ0n) is 4.60. The summed E-state index contributed by atoms with van der Waals surface area (Å²) in [7, 11) is 0. The van der Waals surface area contributed by atoms with Crippen LogP contribution in [0.2, 0.25) is 0 Å². The zero-order valence-corrected chi connectivity index (χ0v) is 6.19. The third-order valence-electron chi connectivity index (χ3n) is 1.04. The Morgan fingerprint density at radius 3 is 2.75 bits per heavy atom. The second kappa shape index (κ2) is 3.43. The Kier molecular flexibility index (Phi) is 2.80. The van der Waals surface area contributed by atoms with Crippen molar-refractivity contribution >= 4 is 15.9 Å². The molecule has 1 fully saturated rings. The summed E-state index contributed by atoms with van der Waals surface area (Å²) in [6.45, 7) is 2.37. The van der Waals surface area contributed by atoms with Crippen LogP contribution in [0, 0.1) is 0 Å². The molecular weight excluding hydrogens is 172 g/mol. The van der Waals surface area contributed by atoms with E-state index in [2.05, 4.69) is 15.9 Å². The van der Waals surface area contributed by atoms with Gasteiger partial charge in [0.2, 0.25) is 0 Å². The quantitative estimate of drug-likeness (QED) is 0.599. The van der Waals surface area contributed by atoms with E-state index in [1.165, 1.54) is 0 Å². The molecule has 2 nitrogen and oxygen atoms in total. The number of hydrogen-bond acceptors (Lipinski definition) is 2. The molecule has 0 radical (unpaired) electrons. The van der Waals surface area contributed by atoms with E-state index in [1.54, 1.807) is 0 Å². The maximum atomic E-state index is 5.26. The summed E-state index contributed by atoms with van der Waals surface area (Å²) >= 11 is 3.27. The lowest BCUT2D eigenvalue weighted by molar-refractivity contribution is -0.125. The van der Waals surface area contributed by atoms with E-state index in [1.807, 2.05) is 0 Å². The monoisotopic (exact) mass is 180 g/mol. The lowest BCUT2D eigenvalue weighted by atomic mass is 10.3. The Bertz CT molecular complexity index is 63.4. The normalized spacial score (nSPS) is 20.6. The van der Waals surface area contributed by atoms with E-state index in [0.717, 1.165) is 25.2 Å². The van der Waals surface area contributed by atoms with Crippen molar-refractivity contribution in [1.29, 1.82) is 0 Å². The molecule has 3 heteroatoms. The van der Waals surface area contributed by atoms with Crippen molar-refractivity contribution in [3.63, 3.8) is 0 Å². The number of halogens is 1. The molecule has 1 aliphatic rings. The van der Waals surface area contributed by atoms with Crippen molar-refractivity contribution in [2.45, 2.75) is 6.10 Å². The Morgan fingerprint density at radius 1 is 1.62 bits per heavy atom. The van der Waals surface area contributed by atoms with Gasteiger partial charge in [0.05, 0.1) is 19.8 Å². The molecule has 0 atom stereocenters.